The Balaban J connectivity index is 1.89. The number of carboxylic acids is 1. The number of aromatic carboxylic acids is 1. The van der Waals surface area contributed by atoms with Gasteiger partial charge in [0, 0.05) is 15.4 Å². The molecule has 0 spiro atoms. The smallest absolute Gasteiger partial charge is 0.372 e. The molecular formula is C20H17BrO6. The highest BCUT2D eigenvalue weighted by Gasteiger charge is 2.21. The van der Waals surface area contributed by atoms with Crippen LogP contribution in [0.1, 0.15) is 28.6 Å². The summed E-state index contributed by atoms with van der Waals surface area (Å²) >= 11 is 3.38. The molecule has 2 aromatic carbocycles. The summed E-state index contributed by atoms with van der Waals surface area (Å²) in [6.07, 6.45) is 0.0769. The summed E-state index contributed by atoms with van der Waals surface area (Å²) in [5.74, 6) is -1.18. The number of furan rings is 1. The predicted octanol–water partition coefficient (Wildman–Crippen LogP) is 4.58. The molecule has 0 bridgehead atoms. The zero-order valence-corrected chi connectivity index (χ0v) is 16.1. The Bertz CT molecular complexity index is 991. The Hall–Kier alpha value is -2.80. The van der Waals surface area contributed by atoms with Crippen LogP contribution in [0.25, 0.3) is 11.0 Å². The number of rotatable bonds is 7. The predicted molar refractivity (Wildman–Crippen MR) is 102 cm³/mol. The van der Waals surface area contributed by atoms with Gasteiger partial charge in [0.25, 0.3) is 0 Å². The van der Waals surface area contributed by atoms with Crippen LogP contribution in [-0.4, -0.2) is 23.7 Å². The molecule has 0 fully saturated rings. The van der Waals surface area contributed by atoms with E-state index in [1.165, 1.54) is 0 Å². The minimum atomic E-state index is -1.17. The third-order valence-corrected chi connectivity index (χ3v) is 4.43. The average molecular weight is 433 g/mol. The molecule has 3 rings (SSSR count). The number of carbonyl (C=O) groups is 2. The van der Waals surface area contributed by atoms with Gasteiger partial charge in [-0.05, 0) is 31.2 Å². The van der Waals surface area contributed by atoms with Gasteiger partial charge in [-0.15, -0.1) is 0 Å². The minimum Gasteiger partial charge on any atom is -0.488 e. The highest BCUT2D eigenvalue weighted by Crippen LogP contribution is 2.30. The van der Waals surface area contributed by atoms with E-state index < -0.39 is 5.97 Å². The van der Waals surface area contributed by atoms with Gasteiger partial charge < -0.3 is 19.0 Å². The van der Waals surface area contributed by atoms with Crippen molar-refractivity contribution in [1.29, 1.82) is 0 Å². The van der Waals surface area contributed by atoms with Crippen LogP contribution in [0.15, 0.2) is 51.4 Å². The summed E-state index contributed by atoms with van der Waals surface area (Å²) in [6, 6.07) is 12.3. The number of ether oxygens (including phenoxy) is 2. The molecule has 6 nitrogen and oxygen atoms in total. The van der Waals surface area contributed by atoms with Crippen LogP contribution in [0.2, 0.25) is 0 Å². The first-order valence-electron chi connectivity index (χ1n) is 8.30. The second kappa shape index (κ2) is 8.26. The fraction of sp³-hybridized carbons (Fsp3) is 0.200. The lowest BCUT2D eigenvalue weighted by molar-refractivity contribution is -0.142. The first kappa shape index (κ1) is 19.0. The first-order valence-corrected chi connectivity index (χ1v) is 9.09. The van der Waals surface area contributed by atoms with Crippen molar-refractivity contribution in [2.75, 3.05) is 6.61 Å². The number of hydrogen-bond acceptors (Lipinski definition) is 5. The van der Waals surface area contributed by atoms with Crippen molar-refractivity contribution in [3.05, 3.63) is 63.8 Å². The van der Waals surface area contributed by atoms with Crippen molar-refractivity contribution < 1.29 is 28.6 Å². The molecule has 0 aliphatic rings. The van der Waals surface area contributed by atoms with Crippen molar-refractivity contribution in [1.82, 2.24) is 0 Å². The summed E-state index contributed by atoms with van der Waals surface area (Å²) in [6.45, 7) is 2.04. The molecule has 140 valence electrons. The zero-order valence-electron chi connectivity index (χ0n) is 14.5. The van der Waals surface area contributed by atoms with Gasteiger partial charge in [-0.2, -0.15) is 0 Å². The third-order valence-electron chi connectivity index (χ3n) is 3.93. The normalized spacial score (nSPS) is 10.7. The number of carbonyl (C=O) groups excluding carboxylic acids is 1. The van der Waals surface area contributed by atoms with E-state index in [1.807, 2.05) is 0 Å². The number of esters is 1. The van der Waals surface area contributed by atoms with Crippen LogP contribution in [0.4, 0.5) is 0 Å². The highest BCUT2D eigenvalue weighted by molar-refractivity contribution is 9.10. The molecule has 1 aromatic heterocycles. The van der Waals surface area contributed by atoms with E-state index in [-0.39, 0.29) is 24.8 Å². The molecule has 0 saturated carbocycles. The fourth-order valence-electron chi connectivity index (χ4n) is 2.75. The lowest BCUT2D eigenvalue weighted by Gasteiger charge is -2.11. The second-order valence-corrected chi connectivity index (χ2v) is 6.65. The lowest BCUT2D eigenvalue weighted by Crippen LogP contribution is -2.09. The second-order valence-electron chi connectivity index (χ2n) is 5.73. The number of hydrogen-bond donors (Lipinski definition) is 1. The zero-order chi connectivity index (χ0) is 19.4. The Morgan fingerprint density at radius 3 is 2.70 bits per heavy atom. The van der Waals surface area contributed by atoms with Crippen LogP contribution < -0.4 is 4.74 Å². The highest BCUT2D eigenvalue weighted by atomic mass is 79.9. The Morgan fingerprint density at radius 1 is 1.19 bits per heavy atom. The standard InChI is InChI=1S/C20H17BrO6/c1-2-25-18(22)9-12-5-3-4-6-16(12)26-11-15-14-10-13(21)7-8-17(14)27-19(15)20(23)24/h3-8,10H,2,9,11H2,1H3,(H,23,24). The molecule has 0 aliphatic carbocycles. The van der Waals surface area contributed by atoms with Crippen molar-refractivity contribution in [2.45, 2.75) is 20.0 Å². The number of fused-ring (bicyclic) bond motifs is 1. The minimum absolute atomic E-state index is 0.00900. The summed E-state index contributed by atoms with van der Waals surface area (Å²) in [5, 5.41) is 10.1. The maximum absolute atomic E-state index is 11.8. The van der Waals surface area contributed by atoms with Crippen LogP contribution in [0, 0.1) is 0 Å². The van der Waals surface area contributed by atoms with Gasteiger partial charge in [-0.1, -0.05) is 34.1 Å². The van der Waals surface area contributed by atoms with E-state index in [0.29, 0.717) is 34.5 Å². The molecule has 0 radical (unpaired) electrons. The van der Waals surface area contributed by atoms with Crippen LogP contribution in [0.5, 0.6) is 5.75 Å². The van der Waals surface area contributed by atoms with Gasteiger partial charge in [0.1, 0.15) is 17.9 Å². The summed E-state index contributed by atoms with van der Waals surface area (Å²) < 4.78 is 17.1. The van der Waals surface area contributed by atoms with Crippen molar-refractivity contribution in [2.24, 2.45) is 0 Å². The van der Waals surface area contributed by atoms with E-state index in [4.69, 9.17) is 13.9 Å². The maximum Gasteiger partial charge on any atom is 0.372 e. The SMILES string of the molecule is CCOC(=O)Cc1ccccc1OCc1c(C(=O)O)oc2ccc(Br)cc12. The van der Waals surface area contributed by atoms with Crippen LogP contribution >= 0.6 is 15.9 Å². The Kier molecular flexibility index (Phi) is 5.81. The van der Waals surface area contributed by atoms with Crippen molar-refractivity contribution in [3.8, 4) is 5.75 Å². The monoisotopic (exact) mass is 432 g/mol. The largest absolute Gasteiger partial charge is 0.488 e. The molecule has 1 heterocycles. The Morgan fingerprint density at radius 2 is 1.96 bits per heavy atom. The Labute approximate surface area is 163 Å². The molecule has 7 heteroatoms. The molecule has 1 N–H and O–H groups in total. The topological polar surface area (TPSA) is 86.0 Å². The number of para-hydroxylation sites is 1. The van der Waals surface area contributed by atoms with E-state index in [2.05, 4.69) is 15.9 Å². The quantitative estimate of drug-likeness (QED) is 0.549. The molecule has 0 amide bonds. The van der Waals surface area contributed by atoms with Crippen molar-refractivity contribution in [3.63, 3.8) is 0 Å². The van der Waals surface area contributed by atoms with Gasteiger partial charge in [0.05, 0.1) is 18.6 Å². The van der Waals surface area contributed by atoms with Crippen LogP contribution in [-0.2, 0) is 22.6 Å². The number of carboxylic acid groups (broad SMARTS) is 1. The molecule has 3 aromatic rings. The molecule has 0 unspecified atom stereocenters. The molecule has 27 heavy (non-hydrogen) atoms. The lowest BCUT2D eigenvalue weighted by atomic mass is 10.1. The van der Waals surface area contributed by atoms with E-state index in [9.17, 15) is 14.7 Å². The van der Waals surface area contributed by atoms with E-state index in [1.54, 1.807) is 49.4 Å². The van der Waals surface area contributed by atoms with E-state index in [0.717, 1.165) is 4.47 Å². The van der Waals surface area contributed by atoms with Gasteiger partial charge >= 0.3 is 11.9 Å². The van der Waals surface area contributed by atoms with Gasteiger partial charge in [-0.3, -0.25) is 4.79 Å². The van der Waals surface area contributed by atoms with E-state index >= 15 is 0 Å². The van der Waals surface area contributed by atoms with Gasteiger partial charge in [0.15, 0.2) is 0 Å². The van der Waals surface area contributed by atoms with Gasteiger partial charge in [-0.25, -0.2) is 4.79 Å². The van der Waals surface area contributed by atoms with Crippen molar-refractivity contribution >= 4 is 38.8 Å². The number of benzene rings is 2. The third kappa shape index (κ3) is 4.31. The summed E-state index contributed by atoms with van der Waals surface area (Å²) in [4.78, 5) is 23.3. The van der Waals surface area contributed by atoms with Crippen LogP contribution in [0.3, 0.4) is 0 Å². The first-order chi connectivity index (χ1) is 13.0. The fourth-order valence-corrected chi connectivity index (χ4v) is 3.11. The molecular weight excluding hydrogens is 416 g/mol. The maximum atomic E-state index is 11.8. The molecule has 0 atom stereocenters. The molecule has 0 aliphatic heterocycles. The average Bonchev–Trinajstić information content (AvgIpc) is 2.99. The summed E-state index contributed by atoms with van der Waals surface area (Å²) in [5.41, 5.74) is 1.57. The summed E-state index contributed by atoms with van der Waals surface area (Å²) in [7, 11) is 0. The number of halogens is 1. The van der Waals surface area contributed by atoms with Gasteiger partial charge in [0.2, 0.25) is 5.76 Å². The molecule has 0 saturated heterocycles.